The highest BCUT2D eigenvalue weighted by Gasteiger charge is 2.25. The van der Waals surface area contributed by atoms with Crippen molar-refractivity contribution >= 4 is 5.69 Å². The molecule has 0 bridgehead atoms. The number of nitrogen functional groups attached to an aromatic ring is 1. The molecule has 0 unspecified atom stereocenters. The van der Waals surface area contributed by atoms with Crippen LogP contribution in [0.2, 0.25) is 0 Å². The minimum absolute atomic E-state index is 0.214. The third-order valence-corrected chi connectivity index (χ3v) is 3.65. The van der Waals surface area contributed by atoms with E-state index in [1.54, 1.807) is 0 Å². The van der Waals surface area contributed by atoms with Gasteiger partial charge in [-0.15, -0.1) is 0 Å². The quantitative estimate of drug-likeness (QED) is 0.750. The van der Waals surface area contributed by atoms with Gasteiger partial charge in [-0.3, -0.25) is 0 Å². The minimum Gasteiger partial charge on any atom is -0.398 e. The lowest BCUT2D eigenvalue weighted by Crippen LogP contribution is -2.38. The van der Waals surface area contributed by atoms with Crippen molar-refractivity contribution in [3.8, 4) is 0 Å². The van der Waals surface area contributed by atoms with E-state index in [-0.39, 0.29) is 6.04 Å². The molecule has 2 nitrogen and oxygen atoms in total. The van der Waals surface area contributed by atoms with E-state index in [4.69, 9.17) is 5.73 Å². The summed E-state index contributed by atoms with van der Waals surface area (Å²) < 4.78 is 0. The van der Waals surface area contributed by atoms with E-state index in [1.807, 2.05) is 12.1 Å². The Morgan fingerprint density at radius 3 is 2.44 bits per heavy atom. The van der Waals surface area contributed by atoms with Gasteiger partial charge in [-0.1, -0.05) is 42.5 Å². The smallest absolute Gasteiger partial charge is 0.0601 e. The molecule has 0 spiro atoms. The van der Waals surface area contributed by atoms with Crippen molar-refractivity contribution in [2.45, 2.75) is 25.4 Å². The number of nitrogens with two attached hydrogens (primary N) is 1. The second kappa shape index (κ2) is 4.46. The van der Waals surface area contributed by atoms with Gasteiger partial charge in [-0.2, -0.15) is 0 Å². The van der Waals surface area contributed by atoms with Crippen molar-refractivity contribution in [3.05, 3.63) is 65.2 Å². The molecule has 3 N–H and O–H groups in total. The van der Waals surface area contributed by atoms with Crippen LogP contribution in [-0.2, 0) is 6.42 Å². The van der Waals surface area contributed by atoms with Crippen molar-refractivity contribution in [1.82, 2.24) is 5.32 Å². The molecule has 2 aromatic carbocycles. The van der Waals surface area contributed by atoms with E-state index in [2.05, 4.69) is 48.6 Å². The zero-order valence-corrected chi connectivity index (χ0v) is 10.6. The van der Waals surface area contributed by atoms with E-state index in [0.717, 1.165) is 12.1 Å². The first-order valence-corrected chi connectivity index (χ1v) is 6.44. The molecule has 0 saturated carbocycles. The summed E-state index contributed by atoms with van der Waals surface area (Å²) in [6, 6.07) is 17.4. The number of fused-ring (bicyclic) bond motifs is 1. The maximum absolute atomic E-state index is 6.11. The monoisotopic (exact) mass is 238 g/mol. The van der Waals surface area contributed by atoms with Crippen molar-refractivity contribution in [1.29, 1.82) is 0 Å². The molecule has 2 aromatic rings. The van der Waals surface area contributed by atoms with Crippen molar-refractivity contribution < 1.29 is 0 Å². The summed E-state index contributed by atoms with van der Waals surface area (Å²) in [5.41, 5.74) is 10.9. The summed E-state index contributed by atoms with van der Waals surface area (Å²) in [6.45, 7) is 2.22. The molecule has 18 heavy (non-hydrogen) atoms. The predicted molar refractivity (Wildman–Crippen MR) is 75.4 cm³/mol. The van der Waals surface area contributed by atoms with Gasteiger partial charge < -0.3 is 11.1 Å². The molecule has 2 atom stereocenters. The molecule has 1 aliphatic heterocycles. The molecule has 2 heteroatoms. The number of rotatable bonds is 1. The van der Waals surface area contributed by atoms with Crippen LogP contribution < -0.4 is 11.1 Å². The number of anilines is 1. The van der Waals surface area contributed by atoms with Gasteiger partial charge in [-0.25, -0.2) is 0 Å². The molecule has 0 aromatic heterocycles. The van der Waals surface area contributed by atoms with Crippen molar-refractivity contribution in [2.75, 3.05) is 5.73 Å². The predicted octanol–water partition coefficient (Wildman–Crippen LogP) is 2.89. The van der Waals surface area contributed by atoms with E-state index in [9.17, 15) is 0 Å². The number of para-hydroxylation sites is 1. The molecule has 0 saturated heterocycles. The van der Waals surface area contributed by atoms with Gasteiger partial charge >= 0.3 is 0 Å². The Labute approximate surface area is 108 Å². The van der Waals surface area contributed by atoms with Crippen LogP contribution in [0.3, 0.4) is 0 Å². The van der Waals surface area contributed by atoms with Crippen LogP contribution in [0.1, 0.15) is 29.7 Å². The van der Waals surface area contributed by atoms with Crippen molar-refractivity contribution in [3.63, 3.8) is 0 Å². The first-order chi connectivity index (χ1) is 8.75. The first kappa shape index (κ1) is 11.3. The van der Waals surface area contributed by atoms with Crippen LogP contribution in [0.5, 0.6) is 0 Å². The molecule has 3 rings (SSSR count). The first-order valence-electron chi connectivity index (χ1n) is 6.44. The minimum atomic E-state index is 0.214. The third kappa shape index (κ3) is 1.89. The van der Waals surface area contributed by atoms with Gasteiger partial charge in [0.2, 0.25) is 0 Å². The molecule has 1 heterocycles. The molecule has 92 valence electrons. The van der Waals surface area contributed by atoms with Crippen LogP contribution in [0.25, 0.3) is 0 Å². The van der Waals surface area contributed by atoms with Crippen LogP contribution in [-0.4, -0.2) is 6.04 Å². The third-order valence-electron chi connectivity index (χ3n) is 3.65. The second-order valence-electron chi connectivity index (χ2n) is 5.03. The Hall–Kier alpha value is -1.80. The molecular formula is C16H18N2. The van der Waals surface area contributed by atoms with Crippen molar-refractivity contribution in [2.24, 2.45) is 0 Å². The highest BCUT2D eigenvalue weighted by Crippen LogP contribution is 2.32. The standard InChI is InChI=1S/C16H18N2/c1-11-10-12-6-2-3-7-13(12)16(18-11)14-8-4-5-9-15(14)17/h2-9,11,16,18H,10,17H2,1H3/t11-,16+/m1/s1. The zero-order valence-electron chi connectivity index (χ0n) is 10.6. The topological polar surface area (TPSA) is 38.0 Å². The Bertz CT molecular complexity index is 563. The summed E-state index contributed by atoms with van der Waals surface area (Å²) in [6.07, 6.45) is 1.08. The fourth-order valence-electron chi connectivity index (χ4n) is 2.80. The highest BCUT2D eigenvalue weighted by atomic mass is 15.0. The van der Waals surface area contributed by atoms with E-state index in [1.165, 1.54) is 16.7 Å². The Morgan fingerprint density at radius 1 is 1.00 bits per heavy atom. The maximum atomic E-state index is 6.11. The summed E-state index contributed by atoms with van der Waals surface area (Å²) >= 11 is 0. The average Bonchev–Trinajstić information content (AvgIpc) is 2.38. The van der Waals surface area contributed by atoms with Crippen LogP contribution in [0.15, 0.2) is 48.5 Å². The van der Waals surface area contributed by atoms with Crippen LogP contribution in [0, 0.1) is 0 Å². The van der Waals surface area contributed by atoms with E-state index < -0.39 is 0 Å². The lowest BCUT2D eigenvalue weighted by molar-refractivity contribution is 0.465. The molecule has 0 radical (unpaired) electrons. The van der Waals surface area contributed by atoms with E-state index >= 15 is 0 Å². The van der Waals surface area contributed by atoms with Gasteiger partial charge in [0.25, 0.3) is 0 Å². The molecule has 0 amide bonds. The van der Waals surface area contributed by atoms with Gasteiger partial charge in [0.15, 0.2) is 0 Å². The highest BCUT2D eigenvalue weighted by molar-refractivity contribution is 5.53. The summed E-state index contributed by atoms with van der Waals surface area (Å²) in [5, 5.41) is 3.65. The Balaban J connectivity index is 2.11. The van der Waals surface area contributed by atoms with Crippen LogP contribution >= 0.6 is 0 Å². The number of hydrogen-bond acceptors (Lipinski definition) is 2. The molecule has 1 aliphatic rings. The van der Waals surface area contributed by atoms with E-state index in [0.29, 0.717) is 6.04 Å². The normalized spacial score (nSPS) is 22.5. The Kier molecular flexibility index (Phi) is 2.80. The Morgan fingerprint density at radius 2 is 1.67 bits per heavy atom. The summed E-state index contributed by atoms with van der Waals surface area (Å²) in [4.78, 5) is 0. The van der Waals surface area contributed by atoms with Gasteiger partial charge in [0.1, 0.15) is 0 Å². The summed E-state index contributed by atoms with van der Waals surface area (Å²) in [5.74, 6) is 0. The second-order valence-corrected chi connectivity index (χ2v) is 5.03. The SMILES string of the molecule is C[C@@H]1Cc2ccccc2[C@@H](c2ccccc2N)N1. The largest absolute Gasteiger partial charge is 0.398 e. The lowest BCUT2D eigenvalue weighted by Gasteiger charge is -2.32. The number of nitrogens with one attached hydrogen (secondary N) is 1. The average molecular weight is 238 g/mol. The van der Waals surface area contributed by atoms with Gasteiger partial charge in [-0.05, 0) is 36.1 Å². The molecule has 0 aliphatic carbocycles. The molecular weight excluding hydrogens is 220 g/mol. The van der Waals surface area contributed by atoms with Crippen LogP contribution in [0.4, 0.5) is 5.69 Å². The van der Waals surface area contributed by atoms with Gasteiger partial charge in [0, 0.05) is 11.7 Å². The number of hydrogen-bond donors (Lipinski definition) is 2. The lowest BCUT2D eigenvalue weighted by atomic mass is 9.86. The summed E-state index contributed by atoms with van der Waals surface area (Å²) in [7, 11) is 0. The zero-order chi connectivity index (χ0) is 12.5. The van der Waals surface area contributed by atoms with Gasteiger partial charge in [0.05, 0.1) is 6.04 Å². The fourth-order valence-corrected chi connectivity index (χ4v) is 2.80. The molecule has 0 fully saturated rings. The fraction of sp³-hybridized carbons (Fsp3) is 0.250. The number of benzene rings is 2. The maximum Gasteiger partial charge on any atom is 0.0601 e.